The first-order valence-corrected chi connectivity index (χ1v) is 4.62. The average molecular weight is 215 g/mol. The summed E-state index contributed by atoms with van der Waals surface area (Å²) < 4.78 is 4.55. The molecule has 2 aromatic heterocycles. The lowest BCUT2D eigenvalue weighted by molar-refractivity contribution is 0.0594. The van der Waals surface area contributed by atoms with Crippen molar-refractivity contribution in [3.8, 4) is 11.3 Å². The van der Waals surface area contributed by atoms with Gasteiger partial charge in [-0.2, -0.15) is 0 Å². The van der Waals surface area contributed by atoms with Gasteiger partial charge in [0, 0.05) is 24.2 Å². The van der Waals surface area contributed by atoms with Crippen molar-refractivity contribution in [3.05, 3.63) is 42.6 Å². The van der Waals surface area contributed by atoms with E-state index in [4.69, 9.17) is 0 Å². The highest BCUT2D eigenvalue weighted by molar-refractivity contribution is 5.87. The highest BCUT2D eigenvalue weighted by Gasteiger charge is 2.07. The Bertz CT molecular complexity index is 482. The van der Waals surface area contributed by atoms with E-state index in [-0.39, 0.29) is 5.69 Å². The van der Waals surface area contributed by atoms with Crippen LogP contribution in [0.3, 0.4) is 0 Å². The summed E-state index contributed by atoms with van der Waals surface area (Å²) in [6.07, 6.45) is 6.40. The zero-order valence-electron chi connectivity index (χ0n) is 8.62. The lowest BCUT2D eigenvalue weighted by Crippen LogP contribution is -2.03. The third-order valence-electron chi connectivity index (χ3n) is 2.02. The third-order valence-corrected chi connectivity index (χ3v) is 2.02. The van der Waals surface area contributed by atoms with Crippen molar-refractivity contribution in [3.63, 3.8) is 0 Å². The van der Waals surface area contributed by atoms with Crippen LogP contribution in [-0.2, 0) is 4.74 Å². The van der Waals surface area contributed by atoms with Crippen molar-refractivity contribution in [2.24, 2.45) is 0 Å². The number of carbonyl (C=O) groups is 1. The van der Waals surface area contributed by atoms with Crippen molar-refractivity contribution < 1.29 is 9.53 Å². The summed E-state index contributed by atoms with van der Waals surface area (Å²) in [5, 5.41) is 0. The van der Waals surface area contributed by atoms with E-state index in [0.717, 1.165) is 5.56 Å². The standard InChI is InChI=1S/C11H9N3O2/c1-16-11(15)9-3-2-8(6-14-9)10-7-12-4-5-13-10/h2-7H,1H3. The molecule has 0 spiro atoms. The van der Waals surface area contributed by atoms with Gasteiger partial charge in [0.1, 0.15) is 5.69 Å². The Kier molecular flexibility index (Phi) is 2.86. The smallest absolute Gasteiger partial charge is 0.356 e. The molecule has 0 saturated carbocycles. The molecular formula is C11H9N3O2. The molecule has 0 N–H and O–H groups in total. The molecule has 0 unspecified atom stereocenters. The summed E-state index contributed by atoms with van der Waals surface area (Å²) in [7, 11) is 1.32. The predicted octanol–water partition coefficient (Wildman–Crippen LogP) is 1.33. The van der Waals surface area contributed by atoms with Gasteiger partial charge in [-0.3, -0.25) is 9.97 Å². The molecule has 2 rings (SSSR count). The fraction of sp³-hybridized carbons (Fsp3) is 0.0909. The number of pyridine rings is 1. The number of esters is 1. The summed E-state index contributed by atoms with van der Waals surface area (Å²) in [6, 6.07) is 3.35. The van der Waals surface area contributed by atoms with E-state index in [1.54, 1.807) is 36.9 Å². The van der Waals surface area contributed by atoms with Gasteiger partial charge in [0.15, 0.2) is 0 Å². The minimum atomic E-state index is -0.453. The van der Waals surface area contributed by atoms with Gasteiger partial charge in [-0.25, -0.2) is 9.78 Å². The second-order valence-corrected chi connectivity index (χ2v) is 3.01. The molecule has 0 atom stereocenters. The van der Waals surface area contributed by atoms with E-state index in [0.29, 0.717) is 5.69 Å². The topological polar surface area (TPSA) is 65.0 Å². The van der Waals surface area contributed by atoms with Gasteiger partial charge in [-0.1, -0.05) is 0 Å². The highest BCUT2D eigenvalue weighted by Crippen LogP contribution is 2.14. The van der Waals surface area contributed by atoms with Crippen LogP contribution in [0.15, 0.2) is 36.9 Å². The number of methoxy groups -OCH3 is 1. The van der Waals surface area contributed by atoms with Gasteiger partial charge < -0.3 is 4.74 Å². The zero-order valence-corrected chi connectivity index (χ0v) is 8.62. The third kappa shape index (κ3) is 2.03. The first-order valence-electron chi connectivity index (χ1n) is 4.62. The number of aromatic nitrogens is 3. The van der Waals surface area contributed by atoms with Gasteiger partial charge in [0.2, 0.25) is 0 Å². The SMILES string of the molecule is COC(=O)c1ccc(-c2cnccn2)cn1. The molecule has 80 valence electrons. The largest absolute Gasteiger partial charge is 0.464 e. The fourth-order valence-corrected chi connectivity index (χ4v) is 1.22. The van der Waals surface area contributed by atoms with Crippen LogP contribution in [0.2, 0.25) is 0 Å². The molecule has 0 saturated heterocycles. The van der Waals surface area contributed by atoms with Crippen LogP contribution in [0.25, 0.3) is 11.3 Å². The van der Waals surface area contributed by atoms with E-state index < -0.39 is 5.97 Å². The van der Waals surface area contributed by atoms with Crippen molar-refractivity contribution in [2.75, 3.05) is 7.11 Å². The van der Waals surface area contributed by atoms with Gasteiger partial charge in [0.05, 0.1) is 19.0 Å². The van der Waals surface area contributed by atoms with Crippen LogP contribution < -0.4 is 0 Å². The Morgan fingerprint density at radius 1 is 1.19 bits per heavy atom. The molecule has 0 aliphatic heterocycles. The number of nitrogens with zero attached hydrogens (tertiary/aromatic N) is 3. The number of hydrogen-bond acceptors (Lipinski definition) is 5. The molecule has 2 heterocycles. The molecule has 0 amide bonds. The first kappa shape index (κ1) is 10.2. The molecule has 5 nitrogen and oxygen atoms in total. The summed E-state index contributed by atoms with van der Waals surface area (Å²) in [4.78, 5) is 23.2. The second kappa shape index (κ2) is 4.48. The Labute approximate surface area is 92.2 Å². The summed E-state index contributed by atoms with van der Waals surface area (Å²) >= 11 is 0. The van der Waals surface area contributed by atoms with Crippen molar-refractivity contribution in [2.45, 2.75) is 0 Å². The van der Waals surface area contributed by atoms with E-state index >= 15 is 0 Å². The molecule has 0 aromatic carbocycles. The van der Waals surface area contributed by atoms with Crippen molar-refractivity contribution >= 4 is 5.97 Å². The quantitative estimate of drug-likeness (QED) is 0.707. The Balaban J connectivity index is 2.30. The lowest BCUT2D eigenvalue weighted by atomic mass is 10.2. The van der Waals surface area contributed by atoms with Crippen LogP contribution in [0.1, 0.15) is 10.5 Å². The zero-order chi connectivity index (χ0) is 11.4. The molecular weight excluding hydrogens is 206 g/mol. The molecule has 5 heteroatoms. The van der Waals surface area contributed by atoms with Gasteiger partial charge in [-0.15, -0.1) is 0 Å². The summed E-state index contributed by atoms with van der Waals surface area (Å²) in [5.74, 6) is -0.453. The van der Waals surface area contributed by atoms with Crippen LogP contribution in [0.5, 0.6) is 0 Å². The maximum absolute atomic E-state index is 11.1. The minimum Gasteiger partial charge on any atom is -0.464 e. The van der Waals surface area contributed by atoms with Crippen LogP contribution in [0, 0.1) is 0 Å². The number of ether oxygens (including phenoxy) is 1. The Morgan fingerprint density at radius 3 is 2.62 bits per heavy atom. The lowest BCUT2D eigenvalue weighted by Gasteiger charge is -2.00. The van der Waals surface area contributed by atoms with Crippen molar-refractivity contribution in [1.82, 2.24) is 15.0 Å². The number of rotatable bonds is 2. The van der Waals surface area contributed by atoms with Crippen molar-refractivity contribution in [1.29, 1.82) is 0 Å². The Hall–Kier alpha value is -2.30. The number of hydrogen-bond donors (Lipinski definition) is 0. The molecule has 0 bridgehead atoms. The van der Waals surface area contributed by atoms with E-state index in [9.17, 15) is 4.79 Å². The van der Waals surface area contributed by atoms with Gasteiger partial charge in [-0.05, 0) is 12.1 Å². The van der Waals surface area contributed by atoms with Crippen LogP contribution in [-0.4, -0.2) is 28.0 Å². The molecule has 0 aliphatic carbocycles. The molecule has 0 fully saturated rings. The molecule has 2 aromatic rings. The van der Waals surface area contributed by atoms with Crippen LogP contribution >= 0.6 is 0 Å². The maximum Gasteiger partial charge on any atom is 0.356 e. The summed E-state index contributed by atoms with van der Waals surface area (Å²) in [5.41, 5.74) is 1.79. The maximum atomic E-state index is 11.1. The average Bonchev–Trinajstić information content (AvgIpc) is 2.39. The first-order chi connectivity index (χ1) is 7.81. The van der Waals surface area contributed by atoms with Crippen LogP contribution in [0.4, 0.5) is 0 Å². The van der Waals surface area contributed by atoms with Gasteiger partial charge in [0.25, 0.3) is 0 Å². The minimum absolute atomic E-state index is 0.273. The monoisotopic (exact) mass is 215 g/mol. The molecule has 0 aliphatic rings. The second-order valence-electron chi connectivity index (χ2n) is 3.01. The molecule has 0 radical (unpaired) electrons. The van der Waals surface area contributed by atoms with E-state index in [1.165, 1.54) is 7.11 Å². The van der Waals surface area contributed by atoms with E-state index in [2.05, 4.69) is 19.7 Å². The summed E-state index contributed by atoms with van der Waals surface area (Å²) in [6.45, 7) is 0. The fourth-order valence-electron chi connectivity index (χ4n) is 1.22. The number of carbonyl (C=O) groups excluding carboxylic acids is 1. The molecule has 16 heavy (non-hydrogen) atoms. The Morgan fingerprint density at radius 2 is 2.06 bits per heavy atom. The highest BCUT2D eigenvalue weighted by atomic mass is 16.5. The normalized spacial score (nSPS) is 9.81. The van der Waals surface area contributed by atoms with Gasteiger partial charge >= 0.3 is 5.97 Å². The predicted molar refractivity (Wildman–Crippen MR) is 56.6 cm³/mol. The van der Waals surface area contributed by atoms with E-state index in [1.807, 2.05) is 0 Å².